The van der Waals surface area contributed by atoms with Gasteiger partial charge in [-0.05, 0) is 28.7 Å². The molecular formula is C24H26F2N2O5. The molecule has 2 atom stereocenters. The molecule has 0 bridgehead atoms. The molecule has 176 valence electrons. The van der Waals surface area contributed by atoms with Crippen LogP contribution in [0.4, 0.5) is 13.6 Å². The van der Waals surface area contributed by atoms with Crippen molar-refractivity contribution in [3.05, 3.63) is 59.7 Å². The predicted molar refractivity (Wildman–Crippen MR) is 117 cm³/mol. The van der Waals surface area contributed by atoms with Gasteiger partial charge in [0.25, 0.3) is 0 Å². The van der Waals surface area contributed by atoms with Crippen molar-refractivity contribution in [2.75, 3.05) is 6.61 Å². The summed E-state index contributed by atoms with van der Waals surface area (Å²) in [6, 6.07) is 12.6. The Morgan fingerprint density at radius 3 is 2.06 bits per heavy atom. The highest BCUT2D eigenvalue weighted by molar-refractivity contribution is 5.89. The van der Waals surface area contributed by atoms with Crippen molar-refractivity contribution in [1.82, 2.24) is 10.6 Å². The number of halogens is 2. The van der Waals surface area contributed by atoms with Crippen LogP contribution in [-0.2, 0) is 14.3 Å². The summed E-state index contributed by atoms with van der Waals surface area (Å²) in [5, 5.41) is 13.6. The van der Waals surface area contributed by atoms with Gasteiger partial charge < -0.3 is 20.5 Å². The first kappa shape index (κ1) is 24.2. The fourth-order valence-corrected chi connectivity index (χ4v) is 4.01. The summed E-state index contributed by atoms with van der Waals surface area (Å²) in [5.41, 5.74) is 4.04. The van der Waals surface area contributed by atoms with Crippen LogP contribution in [0, 0.1) is 0 Å². The molecule has 3 N–H and O–H groups in total. The molecule has 33 heavy (non-hydrogen) atoms. The number of benzene rings is 2. The van der Waals surface area contributed by atoms with E-state index in [-0.39, 0.29) is 18.9 Å². The van der Waals surface area contributed by atoms with E-state index < -0.39 is 42.9 Å². The van der Waals surface area contributed by atoms with E-state index in [4.69, 9.17) is 4.74 Å². The standard InChI is InChI=1S/C24H26F2N2O5/c1-2-7-19(23(30)31)27-22(29)20(12-21(25)26)28-24(32)33-13-18-16-10-5-3-8-14(16)15-9-4-6-11-17(15)18/h3-6,8-11,18-21H,2,7,12-13H2,1H3,(H,27,29)(H,28,32)(H,30,31)/t19-,20?/m1/s1. The molecule has 0 heterocycles. The fraction of sp³-hybridized carbons (Fsp3) is 0.375. The van der Waals surface area contributed by atoms with Crippen LogP contribution in [0.2, 0.25) is 0 Å². The van der Waals surface area contributed by atoms with Gasteiger partial charge in [0.1, 0.15) is 18.7 Å². The van der Waals surface area contributed by atoms with Gasteiger partial charge in [-0.25, -0.2) is 18.4 Å². The number of carbonyl (C=O) groups excluding carboxylic acids is 2. The Morgan fingerprint density at radius 1 is 0.970 bits per heavy atom. The van der Waals surface area contributed by atoms with Crippen LogP contribution in [0.3, 0.4) is 0 Å². The number of carbonyl (C=O) groups is 3. The van der Waals surface area contributed by atoms with Crippen LogP contribution in [0.5, 0.6) is 0 Å². The molecule has 2 amide bonds. The third kappa shape index (κ3) is 5.85. The van der Waals surface area contributed by atoms with Crippen LogP contribution < -0.4 is 10.6 Å². The zero-order chi connectivity index (χ0) is 24.0. The van der Waals surface area contributed by atoms with Gasteiger partial charge >= 0.3 is 12.1 Å². The summed E-state index contributed by atoms with van der Waals surface area (Å²) in [6.07, 6.45) is -4.28. The monoisotopic (exact) mass is 460 g/mol. The van der Waals surface area contributed by atoms with E-state index in [9.17, 15) is 28.3 Å². The first-order valence-corrected chi connectivity index (χ1v) is 10.7. The first-order chi connectivity index (χ1) is 15.8. The molecule has 0 aromatic heterocycles. The lowest BCUT2D eigenvalue weighted by molar-refractivity contribution is -0.142. The smallest absolute Gasteiger partial charge is 0.407 e. The predicted octanol–water partition coefficient (Wildman–Crippen LogP) is 3.92. The third-order valence-corrected chi connectivity index (χ3v) is 5.56. The van der Waals surface area contributed by atoms with Gasteiger partial charge in [-0.2, -0.15) is 0 Å². The highest BCUT2D eigenvalue weighted by Gasteiger charge is 2.31. The average Bonchev–Trinajstić information content (AvgIpc) is 3.10. The van der Waals surface area contributed by atoms with Crippen LogP contribution in [0.15, 0.2) is 48.5 Å². The minimum atomic E-state index is -2.89. The Balaban J connectivity index is 1.66. The molecule has 2 aromatic carbocycles. The Kier molecular flexibility index (Phi) is 7.97. The number of carboxylic acid groups (broad SMARTS) is 1. The largest absolute Gasteiger partial charge is 0.480 e. The van der Waals surface area contributed by atoms with Crippen molar-refractivity contribution in [2.45, 2.75) is 50.6 Å². The molecule has 2 aromatic rings. The van der Waals surface area contributed by atoms with E-state index in [2.05, 4.69) is 10.6 Å². The van der Waals surface area contributed by atoms with E-state index in [1.165, 1.54) is 0 Å². The lowest BCUT2D eigenvalue weighted by Gasteiger charge is -2.21. The van der Waals surface area contributed by atoms with E-state index in [1.807, 2.05) is 48.5 Å². The molecular weight excluding hydrogens is 434 g/mol. The normalized spacial score (nSPS) is 14.2. The highest BCUT2D eigenvalue weighted by Crippen LogP contribution is 2.44. The average molecular weight is 460 g/mol. The van der Waals surface area contributed by atoms with Crippen molar-refractivity contribution in [1.29, 1.82) is 0 Å². The number of carboxylic acids is 1. The Morgan fingerprint density at radius 2 is 1.55 bits per heavy atom. The van der Waals surface area contributed by atoms with E-state index in [0.29, 0.717) is 6.42 Å². The van der Waals surface area contributed by atoms with Crippen molar-refractivity contribution in [3.63, 3.8) is 0 Å². The minimum absolute atomic E-state index is 0.0452. The second kappa shape index (κ2) is 10.9. The van der Waals surface area contributed by atoms with Crippen LogP contribution in [-0.4, -0.2) is 48.2 Å². The van der Waals surface area contributed by atoms with E-state index in [1.54, 1.807) is 6.92 Å². The van der Waals surface area contributed by atoms with Crippen molar-refractivity contribution < 1.29 is 33.0 Å². The van der Waals surface area contributed by atoms with Gasteiger partial charge in [0.05, 0.1) is 0 Å². The molecule has 0 spiro atoms. The van der Waals surface area contributed by atoms with Crippen molar-refractivity contribution >= 4 is 18.0 Å². The number of alkyl halides is 2. The van der Waals surface area contributed by atoms with Crippen molar-refractivity contribution in [2.24, 2.45) is 0 Å². The van der Waals surface area contributed by atoms with Gasteiger partial charge in [0.15, 0.2) is 0 Å². The number of rotatable bonds is 10. The van der Waals surface area contributed by atoms with Crippen molar-refractivity contribution in [3.8, 4) is 11.1 Å². The number of amides is 2. The zero-order valence-corrected chi connectivity index (χ0v) is 18.1. The SMILES string of the molecule is CCC[C@@H](NC(=O)C(CC(F)F)NC(=O)OCC1c2ccccc2-c2ccccc21)C(=O)O. The number of aliphatic carboxylic acids is 1. The number of fused-ring (bicyclic) bond motifs is 3. The van der Waals surface area contributed by atoms with E-state index >= 15 is 0 Å². The molecule has 0 aliphatic heterocycles. The lowest BCUT2D eigenvalue weighted by atomic mass is 9.98. The maximum Gasteiger partial charge on any atom is 0.407 e. The van der Waals surface area contributed by atoms with Gasteiger partial charge in [-0.1, -0.05) is 61.9 Å². The zero-order valence-electron chi connectivity index (χ0n) is 18.1. The first-order valence-electron chi connectivity index (χ1n) is 10.7. The summed E-state index contributed by atoms with van der Waals surface area (Å²) in [6.45, 7) is 1.68. The molecule has 0 saturated heterocycles. The second-order valence-electron chi connectivity index (χ2n) is 7.84. The molecule has 7 nitrogen and oxygen atoms in total. The number of alkyl carbamates (subject to hydrolysis) is 1. The molecule has 0 radical (unpaired) electrons. The van der Waals surface area contributed by atoms with Gasteiger partial charge in [0.2, 0.25) is 12.3 Å². The lowest BCUT2D eigenvalue weighted by Crippen LogP contribution is -2.52. The molecule has 0 saturated carbocycles. The highest BCUT2D eigenvalue weighted by atomic mass is 19.3. The number of hydrogen-bond donors (Lipinski definition) is 3. The fourth-order valence-electron chi connectivity index (χ4n) is 4.01. The number of ether oxygens (including phenoxy) is 1. The van der Waals surface area contributed by atoms with Crippen LogP contribution in [0.25, 0.3) is 11.1 Å². The van der Waals surface area contributed by atoms with E-state index in [0.717, 1.165) is 22.3 Å². The maximum atomic E-state index is 13.0. The Labute approximate surface area is 190 Å². The summed E-state index contributed by atoms with van der Waals surface area (Å²) >= 11 is 0. The van der Waals surface area contributed by atoms with Gasteiger partial charge in [-0.3, -0.25) is 4.79 Å². The van der Waals surface area contributed by atoms with Crippen LogP contribution in [0.1, 0.15) is 43.2 Å². The van der Waals surface area contributed by atoms with Gasteiger partial charge in [-0.15, -0.1) is 0 Å². The van der Waals surface area contributed by atoms with Gasteiger partial charge in [0, 0.05) is 12.3 Å². The minimum Gasteiger partial charge on any atom is -0.480 e. The quantitative estimate of drug-likeness (QED) is 0.499. The molecule has 3 rings (SSSR count). The third-order valence-electron chi connectivity index (χ3n) is 5.56. The number of hydrogen-bond acceptors (Lipinski definition) is 4. The summed E-state index contributed by atoms with van der Waals surface area (Å²) in [7, 11) is 0. The summed E-state index contributed by atoms with van der Waals surface area (Å²) in [4.78, 5) is 36.1. The maximum absolute atomic E-state index is 13.0. The molecule has 1 unspecified atom stereocenters. The molecule has 9 heteroatoms. The Bertz CT molecular complexity index is 968. The second-order valence-corrected chi connectivity index (χ2v) is 7.84. The summed E-state index contributed by atoms with van der Waals surface area (Å²) < 4.78 is 31.3. The van der Waals surface area contributed by atoms with Crippen LogP contribution >= 0.6 is 0 Å². The Hall–Kier alpha value is -3.49. The topological polar surface area (TPSA) is 105 Å². The molecule has 1 aliphatic carbocycles. The number of nitrogens with one attached hydrogen (secondary N) is 2. The molecule has 1 aliphatic rings. The molecule has 0 fully saturated rings. The summed E-state index contributed by atoms with van der Waals surface area (Å²) in [5.74, 6) is -2.50.